The van der Waals surface area contributed by atoms with Gasteiger partial charge in [-0.25, -0.2) is 0 Å². The predicted octanol–water partition coefficient (Wildman–Crippen LogP) is 3.99. The Morgan fingerprint density at radius 1 is 1.20 bits per heavy atom. The van der Waals surface area contributed by atoms with Gasteiger partial charge in [0.1, 0.15) is 11.8 Å². The summed E-state index contributed by atoms with van der Waals surface area (Å²) in [5.74, 6) is 0.274. The van der Waals surface area contributed by atoms with Gasteiger partial charge in [0.25, 0.3) is 5.91 Å². The standard InChI is InChI=1S/C23H25N3O3S/c1-3-14-25-20(22(28)26(23(25)30)18-8-6-5-7-9-18)16-21(27)24-17-10-12-19(13-11-17)29-15-4-2/h3,5-13,20H,1,4,14-16H2,2H3,(H,24,27). The highest BCUT2D eigenvalue weighted by Gasteiger charge is 2.43. The number of para-hydroxylation sites is 1. The lowest BCUT2D eigenvalue weighted by molar-refractivity contribution is -0.124. The molecule has 2 aromatic carbocycles. The van der Waals surface area contributed by atoms with Crippen LogP contribution in [0.3, 0.4) is 0 Å². The molecule has 1 fully saturated rings. The number of hydrogen-bond donors (Lipinski definition) is 1. The highest BCUT2D eigenvalue weighted by Crippen LogP contribution is 2.27. The van der Waals surface area contributed by atoms with Crippen molar-refractivity contribution in [3.8, 4) is 5.75 Å². The van der Waals surface area contributed by atoms with E-state index in [-0.39, 0.29) is 18.2 Å². The third kappa shape index (κ3) is 4.86. The Labute approximate surface area is 182 Å². The lowest BCUT2D eigenvalue weighted by Gasteiger charge is -2.22. The van der Waals surface area contributed by atoms with E-state index in [2.05, 4.69) is 11.9 Å². The van der Waals surface area contributed by atoms with Crippen molar-refractivity contribution >= 4 is 40.5 Å². The van der Waals surface area contributed by atoms with E-state index in [1.807, 2.05) is 49.4 Å². The molecule has 0 saturated carbocycles. The number of carbonyl (C=O) groups excluding carboxylic acids is 2. The van der Waals surface area contributed by atoms with Gasteiger partial charge in [0, 0.05) is 12.2 Å². The molecule has 1 heterocycles. The second-order valence-corrected chi connectivity index (χ2v) is 7.24. The number of ether oxygens (including phenoxy) is 1. The molecule has 0 spiro atoms. The number of carbonyl (C=O) groups is 2. The van der Waals surface area contributed by atoms with Gasteiger partial charge in [-0.15, -0.1) is 6.58 Å². The summed E-state index contributed by atoms with van der Waals surface area (Å²) in [5, 5.41) is 3.22. The molecule has 1 aliphatic rings. The van der Waals surface area contributed by atoms with Gasteiger partial charge in [0.15, 0.2) is 5.11 Å². The van der Waals surface area contributed by atoms with E-state index in [0.717, 1.165) is 12.2 Å². The van der Waals surface area contributed by atoms with Gasteiger partial charge >= 0.3 is 0 Å². The number of nitrogens with one attached hydrogen (secondary N) is 1. The maximum atomic E-state index is 13.1. The molecule has 1 unspecified atom stereocenters. The maximum Gasteiger partial charge on any atom is 0.256 e. The smallest absolute Gasteiger partial charge is 0.256 e. The van der Waals surface area contributed by atoms with E-state index in [1.54, 1.807) is 23.1 Å². The van der Waals surface area contributed by atoms with Crippen molar-refractivity contribution in [2.45, 2.75) is 25.8 Å². The van der Waals surface area contributed by atoms with Gasteiger partial charge in [0.2, 0.25) is 5.91 Å². The average Bonchev–Trinajstić information content (AvgIpc) is 2.98. The number of rotatable bonds is 9. The SMILES string of the molecule is C=CCN1C(=S)N(c2ccccc2)C(=O)C1CC(=O)Nc1ccc(OCCC)cc1. The topological polar surface area (TPSA) is 61.9 Å². The minimum atomic E-state index is -0.678. The molecule has 2 amide bonds. The van der Waals surface area contributed by atoms with E-state index in [9.17, 15) is 9.59 Å². The molecule has 30 heavy (non-hydrogen) atoms. The molecule has 7 heteroatoms. The molecule has 3 rings (SSSR count). The summed E-state index contributed by atoms with van der Waals surface area (Å²) in [5.41, 5.74) is 1.33. The van der Waals surface area contributed by atoms with Gasteiger partial charge in [-0.05, 0) is 55.0 Å². The van der Waals surface area contributed by atoms with Crippen molar-refractivity contribution in [2.75, 3.05) is 23.4 Å². The molecule has 2 aromatic rings. The van der Waals surface area contributed by atoms with E-state index < -0.39 is 6.04 Å². The fourth-order valence-electron chi connectivity index (χ4n) is 3.24. The lowest BCUT2D eigenvalue weighted by atomic mass is 10.1. The van der Waals surface area contributed by atoms with Gasteiger partial charge in [-0.3, -0.25) is 14.5 Å². The Morgan fingerprint density at radius 2 is 1.90 bits per heavy atom. The van der Waals surface area contributed by atoms with Crippen molar-refractivity contribution in [2.24, 2.45) is 0 Å². The van der Waals surface area contributed by atoms with E-state index in [0.29, 0.717) is 29.6 Å². The maximum absolute atomic E-state index is 13.1. The number of benzene rings is 2. The molecule has 0 aromatic heterocycles. The minimum Gasteiger partial charge on any atom is -0.494 e. The van der Waals surface area contributed by atoms with Crippen LogP contribution in [0.5, 0.6) is 5.75 Å². The van der Waals surface area contributed by atoms with Crippen LogP contribution >= 0.6 is 12.2 Å². The van der Waals surface area contributed by atoms with E-state index >= 15 is 0 Å². The van der Waals surface area contributed by atoms with Crippen LogP contribution < -0.4 is 15.0 Å². The third-order valence-electron chi connectivity index (χ3n) is 4.65. The lowest BCUT2D eigenvalue weighted by Crippen LogP contribution is -2.37. The first-order valence-corrected chi connectivity index (χ1v) is 10.3. The minimum absolute atomic E-state index is 0.00969. The monoisotopic (exact) mass is 423 g/mol. The van der Waals surface area contributed by atoms with Crippen molar-refractivity contribution in [1.29, 1.82) is 0 Å². The van der Waals surface area contributed by atoms with Gasteiger partial charge in [-0.1, -0.05) is 31.2 Å². The van der Waals surface area contributed by atoms with Crippen LogP contribution in [0.15, 0.2) is 67.3 Å². The molecule has 0 aliphatic carbocycles. The zero-order valence-corrected chi connectivity index (χ0v) is 17.7. The molecule has 1 aliphatic heterocycles. The molecule has 0 radical (unpaired) electrons. The second-order valence-electron chi connectivity index (χ2n) is 6.87. The number of nitrogens with zero attached hydrogens (tertiary/aromatic N) is 2. The Morgan fingerprint density at radius 3 is 2.53 bits per heavy atom. The molecule has 1 saturated heterocycles. The van der Waals surface area contributed by atoms with Gasteiger partial charge < -0.3 is 15.0 Å². The normalized spacial score (nSPS) is 16.0. The molecule has 156 valence electrons. The fourth-order valence-corrected chi connectivity index (χ4v) is 3.63. The van der Waals surface area contributed by atoms with Gasteiger partial charge in [0.05, 0.1) is 18.7 Å². The summed E-state index contributed by atoms with van der Waals surface area (Å²) in [4.78, 5) is 29.0. The van der Waals surface area contributed by atoms with Crippen molar-refractivity contribution in [1.82, 2.24) is 4.90 Å². The fraction of sp³-hybridized carbons (Fsp3) is 0.261. The molecule has 1 atom stereocenters. The third-order valence-corrected chi connectivity index (χ3v) is 5.07. The summed E-state index contributed by atoms with van der Waals surface area (Å²) in [6.07, 6.45) is 2.59. The second kappa shape index (κ2) is 10.0. The summed E-state index contributed by atoms with van der Waals surface area (Å²) in [6, 6.07) is 15.7. The predicted molar refractivity (Wildman–Crippen MR) is 123 cm³/mol. The van der Waals surface area contributed by atoms with Crippen molar-refractivity contribution in [3.63, 3.8) is 0 Å². The number of anilines is 2. The number of thiocarbonyl (C=S) groups is 1. The first-order chi connectivity index (χ1) is 14.5. The van der Waals surface area contributed by atoms with E-state index in [1.165, 1.54) is 4.90 Å². The van der Waals surface area contributed by atoms with E-state index in [4.69, 9.17) is 17.0 Å². The summed E-state index contributed by atoms with van der Waals surface area (Å²) in [7, 11) is 0. The average molecular weight is 424 g/mol. The molecule has 6 nitrogen and oxygen atoms in total. The van der Waals surface area contributed by atoms with Crippen molar-refractivity contribution < 1.29 is 14.3 Å². The van der Waals surface area contributed by atoms with Crippen LogP contribution in [0.2, 0.25) is 0 Å². The Bertz CT molecular complexity index is 915. The highest BCUT2D eigenvalue weighted by atomic mass is 32.1. The largest absolute Gasteiger partial charge is 0.494 e. The van der Waals surface area contributed by atoms with Crippen LogP contribution in [0.1, 0.15) is 19.8 Å². The Balaban J connectivity index is 1.70. The molecule has 1 N–H and O–H groups in total. The zero-order valence-electron chi connectivity index (χ0n) is 16.9. The number of hydrogen-bond acceptors (Lipinski definition) is 4. The first-order valence-electron chi connectivity index (χ1n) is 9.88. The van der Waals surface area contributed by atoms with Crippen LogP contribution in [0, 0.1) is 0 Å². The highest BCUT2D eigenvalue weighted by molar-refractivity contribution is 7.80. The Hall–Kier alpha value is -3.19. The quantitative estimate of drug-likeness (QED) is 0.488. The van der Waals surface area contributed by atoms with Crippen LogP contribution in [0.4, 0.5) is 11.4 Å². The van der Waals surface area contributed by atoms with Crippen LogP contribution in [0.25, 0.3) is 0 Å². The molecule has 0 bridgehead atoms. The Kier molecular flexibility index (Phi) is 7.19. The van der Waals surface area contributed by atoms with Crippen LogP contribution in [-0.4, -0.2) is 41.0 Å². The summed E-state index contributed by atoms with van der Waals surface area (Å²) in [6.45, 7) is 6.82. The van der Waals surface area contributed by atoms with Crippen molar-refractivity contribution in [3.05, 3.63) is 67.3 Å². The molecular formula is C23H25N3O3S. The molecular weight excluding hydrogens is 398 g/mol. The van der Waals surface area contributed by atoms with Gasteiger partial charge in [-0.2, -0.15) is 0 Å². The zero-order chi connectivity index (χ0) is 21.5. The van der Waals surface area contributed by atoms with Crippen LogP contribution in [-0.2, 0) is 9.59 Å². The number of amides is 2. The summed E-state index contributed by atoms with van der Waals surface area (Å²) >= 11 is 5.53. The summed E-state index contributed by atoms with van der Waals surface area (Å²) < 4.78 is 5.55. The first kappa shape index (κ1) is 21.5.